The maximum atomic E-state index is 9.43. The largest absolute Gasteiger partial charge is 0.481 e. The molecule has 0 aromatic heterocycles. The fraction of sp³-hybridized carbons (Fsp3) is 0.889. The fourth-order valence-electron chi connectivity index (χ4n) is 2.73. The van der Waals surface area contributed by atoms with Gasteiger partial charge in [0.2, 0.25) is 0 Å². The van der Waals surface area contributed by atoms with Crippen molar-refractivity contribution in [1.29, 1.82) is 0 Å². The van der Waals surface area contributed by atoms with E-state index in [1.165, 1.54) is 83.0 Å². The Morgan fingerprint density at radius 1 is 0.913 bits per heavy atom. The molecule has 0 aliphatic heterocycles. The van der Waals surface area contributed by atoms with Crippen LogP contribution in [0.1, 0.15) is 85.5 Å². The van der Waals surface area contributed by atoms with Gasteiger partial charge >= 0.3 is 134 Å². The molecular formula is C18H35NaO4. The van der Waals surface area contributed by atoms with Crippen molar-refractivity contribution in [2.24, 2.45) is 11.3 Å². The van der Waals surface area contributed by atoms with E-state index in [4.69, 9.17) is 10.2 Å². The predicted molar refractivity (Wildman–Crippen MR) is 96.0 cm³/mol. The van der Waals surface area contributed by atoms with Gasteiger partial charge in [-0.1, -0.05) is 0 Å². The van der Waals surface area contributed by atoms with Gasteiger partial charge in [-0.15, -0.1) is 0 Å². The van der Waals surface area contributed by atoms with Gasteiger partial charge in [0.15, 0.2) is 0 Å². The summed E-state index contributed by atoms with van der Waals surface area (Å²) in [5.74, 6) is -1.64. The van der Waals surface area contributed by atoms with Crippen molar-refractivity contribution < 1.29 is 19.8 Å². The van der Waals surface area contributed by atoms with Crippen molar-refractivity contribution in [3.8, 4) is 0 Å². The molecule has 0 heterocycles. The van der Waals surface area contributed by atoms with Crippen LogP contribution < -0.4 is 0 Å². The van der Waals surface area contributed by atoms with Crippen molar-refractivity contribution in [3.05, 3.63) is 0 Å². The molecular weight excluding hydrogens is 303 g/mol. The number of carbonyl (C=O) groups is 2. The SMILES string of the molecule is CCCCCCCCCC([CH2][Na])C(C)(C)C.O=C(O)CC(=O)O. The molecule has 0 radical (unpaired) electrons. The summed E-state index contributed by atoms with van der Waals surface area (Å²) in [5, 5.41) is 15.4. The second kappa shape index (κ2) is 15.5. The smallest absolute Gasteiger partial charge is 0.314 e. The topological polar surface area (TPSA) is 74.6 Å². The van der Waals surface area contributed by atoms with Crippen molar-refractivity contribution in [2.75, 3.05) is 0 Å². The van der Waals surface area contributed by atoms with E-state index in [1.807, 2.05) is 0 Å². The monoisotopic (exact) mass is 338 g/mol. The number of carboxylic acid groups (broad SMARTS) is 2. The van der Waals surface area contributed by atoms with E-state index in [-0.39, 0.29) is 0 Å². The first-order valence-corrected chi connectivity index (χ1v) is 10.5. The van der Waals surface area contributed by atoms with Gasteiger partial charge in [-0.05, 0) is 0 Å². The molecule has 0 saturated carbocycles. The van der Waals surface area contributed by atoms with Gasteiger partial charge < -0.3 is 10.2 Å². The van der Waals surface area contributed by atoms with Crippen molar-refractivity contribution in [2.45, 2.75) is 89.2 Å². The number of carboxylic acids is 2. The quantitative estimate of drug-likeness (QED) is 0.318. The minimum absolute atomic E-state index is 0.546. The molecule has 1 unspecified atom stereocenters. The van der Waals surface area contributed by atoms with Gasteiger partial charge in [0.25, 0.3) is 0 Å². The molecule has 132 valence electrons. The molecule has 0 fully saturated rings. The first-order chi connectivity index (χ1) is 10.6. The molecule has 0 amide bonds. The fourth-order valence-corrected chi connectivity index (χ4v) is 4.36. The summed E-state index contributed by atoms with van der Waals surface area (Å²) < 4.78 is 1.49. The second-order valence-electron chi connectivity index (χ2n) is 7.35. The van der Waals surface area contributed by atoms with Crippen molar-refractivity contribution in [3.63, 3.8) is 0 Å². The number of hydrogen-bond acceptors (Lipinski definition) is 2. The van der Waals surface area contributed by atoms with Gasteiger partial charge in [-0.3, -0.25) is 9.59 Å². The van der Waals surface area contributed by atoms with Gasteiger partial charge in [0.1, 0.15) is 6.42 Å². The number of rotatable bonds is 11. The van der Waals surface area contributed by atoms with Crippen LogP contribution >= 0.6 is 0 Å². The molecule has 0 aliphatic rings. The molecule has 2 N–H and O–H groups in total. The molecule has 0 saturated heterocycles. The summed E-state index contributed by atoms with van der Waals surface area (Å²) in [6, 6.07) is 0. The molecule has 0 aromatic carbocycles. The van der Waals surface area contributed by atoms with Crippen molar-refractivity contribution in [1.82, 2.24) is 0 Å². The Labute approximate surface area is 159 Å². The molecule has 23 heavy (non-hydrogen) atoms. The summed E-state index contributed by atoms with van der Waals surface area (Å²) in [4.78, 5) is 18.9. The molecule has 0 rings (SSSR count). The standard InChI is InChI=1S/C15H31.C3H4O4.Na/c1-6-7-8-9-10-11-12-13-14(2)15(3,4)5;4-2(5)1-3(6)7;/h14H,2,6-13H2,1,3-5H3;1H2,(H,4,5)(H,6,7);. The second-order valence-corrected chi connectivity index (χ2v) is 8.16. The Bertz CT molecular complexity index is 299. The number of unbranched alkanes of at least 4 members (excludes halogenated alkanes) is 6. The Kier molecular flexibility index (Phi) is 16.9. The molecule has 0 bridgehead atoms. The third-order valence-corrected chi connectivity index (χ3v) is 5.16. The van der Waals surface area contributed by atoms with Gasteiger partial charge in [0.05, 0.1) is 0 Å². The number of hydrogen-bond donors (Lipinski definition) is 2. The summed E-state index contributed by atoms with van der Waals surface area (Å²) in [5.41, 5.74) is 0.546. The molecule has 0 spiro atoms. The van der Waals surface area contributed by atoms with Crippen LogP contribution in [-0.2, 0) is 9.59 Å². The summed E-state index contributed by atoms with van der Waals surface area (Å²) in [6.45, 7) is 9.53. The van der Waals surface area contributed by atoms with E-state index >= 15 is 0 Å². The maximum Gasteiger partial charge on any atom is 0.314 e. The van der Waals surface area contributed by atoms with E-state index in [9.17, 15) is 9.59 Å². The minimum atomic E-state index is -1.31. The number of aliphatic carboxylic acids is 2. The van der Waals surface area contributed by atoms with Crippen LogP contribution in [0.5, 0.6) is 0 Å². The Balaban J connectivity index is 0. The Morgan fingerprint density at radius 3 is 1.65 bits per heavy atom. The molecule has 4 nitrogen and oxygen atoms in total. The van der Waals surface area contributed by atoms with E-state index in [2.05, 4.69) is 27.7 Å². The minimum Gasteiger partial charge on any atom is -0.481 e. The van der Waals surface area contributed by atoms with Crippen molar-refractivity contribution >= 4 is 39.9 Å². The molecule has 0 aromatic rings. The van der Waals surface area contributed by atoms with Crippen LogP contribution in [0.2, 0.25) is 3.67 Å². The normalized spacial score (nSPS) is 12.3. The summed E-state index contributed by atoms with van der Waals surface area (Å²) in [7, 11) is 0. The first kappa shape index (κ1) is 25.2. The van der Waals surface area contributed by atoms with E-state index in [1.54, 1.807) is 0 Å². The third kappa shape index (κ3) is 19.9. The zero-order chi connectivity index (χ0) is 18.3. The summed E-state index contributed by atoms with van der Waals surface area (Å²) >= 11 is 1.37. The van der Waals surface area contributed by atoms with Gasteiger partial charge in [0, 0.05) is 0 Å². The maximum absolute atomic E-state index is 9.43. The van der Waals surface area contributed by atoms with E-state index in [0.29, 0.717) is 5.41 Å². The predicted octanol–water partition coefficient (Wildman–Crippen LogP) is 4.92. The average Bonchev–Trinajstić information content (AvgIpc) is 2.39. The molecule has 1 atom stereocenters. The van der Waals surface area contributed by atoms with Crippen LogP contribution in [0.4, 0.5) is 0 Å². The Morgan fingerprint density at radius 2 is 1.35 bits per heavy atom. The third-order valence-electron chi connectivity index (χ3n) is 4.18. The van der Waals surface area contributed by atoms with Gasteiger partial charge in [-0.25, -0.2) is 0 Å². The van der Waals surface area contributed by atoms with Crippen LogP contribution in [0, 0.1) is 11.3 Å². The summed E-state index contributed by atoms with van der Waals surface area (Å²) in [6.07, 6.45) is 10.8. The van der Waals surface area contributed by atoms with Crippen LogP contribution in [0.15, 0.2) is 0 Å². The first-order valence-electron chi connectivity index (χ1n) is 9.08. The van der Waals surface area contributed by atoms with Crippen LogP contribution in [0.3, 0.4) is 0 Å². The zero-order valence-electron chi connectivity index (χ0n) is 15.9. The molecule has 5 heteroatoms. The zero-order valence-corrected chi connectivity index (χ0v) is 17.9. The van der Waals surface area contributed by atoms with E-state index < -0.39 is 18.4 Å². The molecule has 0 aliphatic carbocycles. The van der Waals surface area contributed by atoms with Gasteiger partial charge in [-0.2, -0.15) is 0 Å². The van der Waals surface area contributed by atoms with E-state index in [0.717, 1.165) is 5.92 Å². The average molecular weight is 338 g/mol. The van der Waals surface area contributed by atoms with Crippen LogP contribution in [-0.4, -0.2) is 50.1 Å². The van der Waals surface area contributed by atoms with Crippen LogP contribution in [0.25, 0.3) is 0 Å². The Hall–Kier alpha value is -0.0600.